The molecule has 0 saturated carbocycles. The number of nitrogens with one attached hydrogen (secondary N) is 5. The van der Waals surface area contributed by atoms with Gasteiger partial charge in [-0.1, -0.05) is 30.3 Å². The molecule has 2 heterocycles. The minimum atomic E-state index is -0.278. The standard InChI is InChI=1S/C29H39N7O2/c1-31-28-26(24-15-19-36(20-25(24)38-28)18-7-17-35(2)3)27(30)32-16-14-21-10-12-23(13-11-21)34-29(37)33-22-8-5-4-6-9-22/h4-6,8-13,31H,7,14-20H2,1-3H3,(H2,30,32)(H2,33,34,37). The maximum atomic E-state index is 12.2. The van der Waals surface area contributed by atoms with Crippen molar-refractivity contribution in [3.05, 3.63) is 77.0 Å². The van der Waals surface area contributed by atoms with Gasteiger partial charge in [-0.05, 0) is 76.3 Å². The predicted octanol–water partition coefficient (Wildman–Crippen LogP) is 4.43. The third-order valence-electron chi connectivity index (χ3n) is 6.65. The molecule has 4 rings (SSSR count). The molecule has 1 aromatic heterocycles. The van der Waals surface area contributed by atoms with E-state index < -0.39 is 0 Å². The van der Waals surface area contributed by atoms with Crippen LogP contribution in [-0.2, 0) is 19.4 Å². The molecule has 1 aliphatic heterocycles. The van der Waals surface area contributed by atoms with Gasteiger partial charge in [0, 0.05) is 37.1 Å². The van der Waals surface area contributed by atoms with Crippen LogP contribution in [0.5, 0.6) is 0 Å². The Morgan fingerprint density at radius 2 is 1.76 bits per heavy atom. The Hall–Kier alpha value is -3.82. The number of urea groups is 1. The molecule has 0 fully saturated rings. The highest BCUT2D eigenvalue weighted by Gasteiger charge is 2.27. The second kappa shape index (κ2) is 13.1. The maximum Gasteiger partial charge on any atom is 0.323 e. The van der Waals surface area contributed by atoms with Crippen molar-refractivity contribution in [2.24, 2.45) is 0 Å². The van der Waals surface area contributed by atoms with Crippen LogP contribution in [0.1, 0.15) is 28.9 Å². The van der Waals surface area contributed by atoms with Gasteiger partial charge in [0.1, 0.15) is 11.6 Å². The van der Waals surface area contributed by atoms with Crippen molar-refractivity contribution < 1.29 is 9.21 Å². The van der Waals surface area contributed by atoms with Gasteiger partial charge in [-0.3, -0.25) is 10.3 Å². The summed E-state index contributed by atoms with van der Waals surface area (Å²) in [6, 6.07) is 16.8. The highest BCUT2D eigenvalue weighted by atomic mass is 16.4. The molecule has 0 aliphatic carbocycles. The number of amides is 2. The third-order valence-corrected chi connectivity index (χ3v) is 6.65. The van der Waals surface area contributed by atoms with E-state index in [2.05, 4.69) is 45.2 Å². The highest BCUT2D eigenvalue weighted by molar-refractivity contribution is 6.02. The number of fused-ring (bicyclic) bond motifs is 1. The Morgan fingerprint density at radius 1 is 1.05 bits per heavy atom. The smallest absolute Gasteiger partial charge is 0.323 e. The number of para-hydroxylation sites is 1. The van der Waals surface area contributed by atoms with E-state index in [4.69, 9.17) is 9.83 Å². The van der Waals surface area contributed by atoms with Crippen molar-refractivity contribution in [2.45, 2.75) is 25.8 Å². The van der Waals surface area contributed by atoms with Crippen LogP contribution in [0.2, 0.25) is 0 Å². The lowest BCUT2D eigenvalue weighted by Crippen LogP contribution is -2.33. The Labute approximate surface area is 225 Å². The molecule has 0 bridgehead atoms. The monoisotopic (exact) mass is 517 g/mol. The lowest BCUT2D eigenvalue weighted by atomic mass is 10.0. The van der Waals surface area contributed by atoms with Crippen LogP contribution in [0.3, 0.4) is 0 Å². The molecular formula is C29H39N7O2. The quantitative estimate of drug-likeness (QED) is 0.190. The number of nitrogens with zero attached hydrogens (tertiary/aromatic N) is 2. The van der Waals surface area contributed by atoms with Gasteiger partial charge in [-0.2, -0.15) is 0 Å². The van der Waals surface area contributed by atoms with Crippen molar-refractivity contribution in [3.8, 4) is 0 Å². The molecule has 202 valence electrons. The number of furan rings is 1. The number of carbonyl (C=O) groups is 1. The maximum absolute atomic E-state index is 12.2. The van der Waals surface area contributed by atoms with E-state index in [1.165, 1.54) is 0 Å². The van der Waals surface area contributed by atoms with Crippen LogP contribution < -0.4 is 21.3 Å². The predicted molar refractivity (Wildman–Crippen MR) is 154 cm³/mol. The molecule has 5 N–H and O–H groups in total. The van der Waals surface area contributed by atoms with Gasteiger partial charge < -0.3 is 30.6 Å². The summed E-state index contributed by atoms with van der Waals surface area (Å²) in [5.41, 5.74) is 4.57. The first-order valence-electron chi connectivity index (χ1n) is 13.2. The molecule has 2 aromatic carbocycles. The van der Waals surface area contributed by atoms with E-state index >= 15 is 0 Å². The molecule has 2 amide bonds. The average Bonchev–Trinajstić information content (AvgIpc) is 3.28. The summed E-state index contributed by atoms with van der Waals surface area (Å²) in [6.45, 7) is 4.51. The van der Waals surface area contributed by atoms with Crippen LogP contribution in [0.15, 0.2) is 59.0 Å². The summed E-state index contributed by atoms with van der Waals surface area (Å²) < 4.78 is 6.13. The SMILES string of the molecule is CNc1oc2c(c1C(=N)NCCc1ccc(NC(=O)Nc3ccccc3)cc1)CCN(CCCN(C)C)C2. The molecule has 0 radical (unpaired) electrons. The van der Waals surface area contributed by atoms with Crippen molar-refractivity contribution in [1.29, 1.82) is 5.41 Å². The number of hydrogen-bond donors (Lipinski definition) is 5. The molecule has 0 unspecified atom stereocenters. The molecule has 0 atom stereocenters. The first kappa shape index (κ1) is 27.2. The van der Waals surface area contributed by atoms with Crippen molar-refractivity contribution in [3.63, 3.8) is 0 Å². The van der Waals surface area contributed by atoms with Crippen LogP contribution in [-0.4, -0.2) is 69.0 Å². The Morgan fingerprint density at radius 3 is 2.45 bits per heavy atom. The number of amidine groups is 1. The molecular weight excluding hydrogens is 478 g/mol. The number of benzene rings is 2. The van der Waals surface area contributed by atoms with Crippen LogP contribution in [0.4, 0.5) is 22.1 Å². The minimum Gasteiger partial charge on any atom is -0.443 e. The van der Waals surface area contributed by atoms with Crippen LogP contribution in [0, 0.1) is 5.41 Å². The van der Waals surface area contributed by atoms with Gasteiger partial charge in [0.05, 0.1) is 12.1 Å². The van der Waals surface area contributed by atoms with E-state index in [0.717, 1.165) is 79.3 Å². The second-order valence-corrected chi connectivity index (χ2v) is 9.83. The minimum absolute atomic E-state index is 0.278. The summed E-state index contributed by atoms with van der Waals surface area (Å²) >= 11 is 0. The molecule has 9 heteroatoms. The fourth-order valence-corrected chi connectivity index (χ4v) is 4.69. The number of carbonyl (C=O) groups excluding carboxylic acids is 1. The molecule has 38 heavy (non-hydrogen) atoms. The van der Waals surface area contributed by atoms with Crippen LogP contribution in [0.25, 0.3) is 0 Å². The molecule has 0 spiro atoms. The van der Waals surface area contributed by atoms with Gasteiger partial charge in [0.2, 0.25) is 5.88 Å². The first-order chi connectivity index (χ1) is 18.4. The molecule has 3 aromatic rings. The largest absolute Gasteiger partial charge is 0.443 e. The first-order valence-corrected chi connectivity index (χ1v) is 13.2. The summed E-state index contributed by atoms with van der Waals surface area (Å²) in [6.07, 6.45) is 2.77. The van der Waals surface area contributed by atoms with Crippen molar-refractivity contribution in [2.75, 3.05) is 63.3 Å². The van der Waals surface area contributed by atoms with E-state index in [1.54, 1.807) is 0 Å². The Bertz CT molecular complexity index is 1210. The molecule has 0 saturated heterocycles. The lowest BCUT2D eigenvalue weighted by molar-refractivity contribution is 0.218. The number of rotatable bonds is 11. The topological polar surface area (TPSA) is 109 Å². The van der Waals surface area contributed by atoms with Gasteiger partial charge in [-0.25, -0.2) is 4.79 Å². The fraction of sp³-hybridized carbons (Fsp3) is 0.379. The Balaban J connectivity index is 1.26. The molecule has 9 nitrogen and oxygen atoms in total. The van der Waals surface area contributed by atoms with Gasteiger partial charge in [0.25, 0.3) is 0 Å². The summed E-state index contributed by atoms with van der Waals surface area (Å²) in [5.74, 6) is 2.01. The van der Waals surface area contributed by atoms with E-state index in [0.29, 0.717) is 18.3 Å². The lowest BCUT2D eigenvalue weighted by Gasteiger charge is -2.26. The van der Waals surface area contributed by atoms with E-state index in [1.807, 2.05) is 61.6 Å². The van der Waals surface area contributed by atoms with E-state index in [9.17, 15) is 4.79 Å². The summed E-state index contributed by atoms with van der Waals surface area (Å²) in [7, 11) is 6.04. The highest BCUT2D eigenvalue weighted by Crippen LogP contribution is 2.31. The number of anilines is 3. The zero-order chi connectivity index (χ0) is 26.9. The van der Waals surface area contributed by atoms with Gasteiger partial charge >= 0.3 is 6.03 Å². The molecule has 1 aliphatic rings. The summed E-state index contributed by atoms with van der Waals surface area (Å²) in [5, 5.41) is 20.8. The second-order valence-electron chi connectivity index (χ2n) is 9.83. The van der Waals surface area contributed by atoms with Crippen molar-refractivity contribution in [1.82, 2.24) is 15.1 Å². The zero-order valence-corrected chi connectivity index (χ0v) is 22.6. The van der Waals surface area contributed by atoms with Crippen molar-refractivity contribution >= 4 is 29.1 Å². The van der Waals surface area contributed by atoms with E-state index in [-0.39, 0.29) is 6.03 Å². The summed E-state index contributed by atoms with van der Waals surface area (Å²) in [4.78, 5) is 16.8. The Kier molecular flexibility index (Phi) is 9.40. The normalized spacial score (nSPS) is 13.2. The number of hydrogen-bond acceptors (Lipinski definition) is 6. The van der Waals surface area contributed by atoms with Gasteiger partial charge in [0.15, 0.2) is 0 Å². The van der Waals surface area contributed by atoms with Gasteiger partial charge in [-0.15, -0.1) is 0 Å². The van der Waals surface area contributed by atoms with Crippen LogP contribution >= 0.6 is 0 Å². The third kappa shape index (κ3) is 7.36. The average molecular weight is 518 g/mol. The zero-order valence-electron chi connectivity index (χ0n) is 22.6. The fourth-order valence-electron chi connectivity index (χ4n) is 4.69.